The summed E-state index contributed by atoms with van der Waals surface area (Å²) in [5.74, 6) is -0.544. The van der Waals surface area contributed by atoms with Crippen molar-refractivity contribution in [1.82, 2.24) is 0 Å². The summed E-state index contributed by atoms with van der Waals surface area (Å²) in [5, 5.41) is 18.4. The number of carbonyl (C=O) groups is 1. The fourth-order valence-corrected chi connectivity index (χ4v) is 1.99. The van der Waals surface area contributed by atoms with Crippen LogP contribution in [0.5, 0.6) is 0 Å². The van der Waals surface area contributed by atoms with Gasteiger partial charge in [0.15, 0.2) is 0 Å². The van der Waals surface area contributed by atoms with Crippen LogP contribution in [0.25, 0.3) is 0 Å². The minimum atomic E-state index is -1.29. The molecule has 0 amide bonds. The minimum absolute atomic E-state index is 0.183. The van der Waals surface area contributed by atoms with Gasteiger partial charge in [0.05, 0.1) is 13.2 Å². The van der Waals surface area contributed by atoms with E-state index in [1.807, 2.05) is 0 Å². The molecule has 0 aromatic heterocycles. The van der Waals surface area contributed by atoms with E-state index >= 15 is 0 Å². The first-order chi connectivity index (χ1) is 7.74. The van der Waals surface area contributed by atoms with E-state index in [2.05, 4.69) is 0 Å². The zero-order chi connectivity index (χ0) is 13.3. The molecule has 0 fully saturated rings. The highest BCUT2D eigenvalue weighted by molar-refractivity contribution is 5.86. The van der Waals surface area contributed by atoms with Crippen molar-refractivity contribution in [1.29, 1.82) is 0 Å². The average Bonchev–Trinajstić information content (AvgIpc) is 2.53. The van der Waals surface area contributed by atoms with Gasteiger partial charge in [0.25, 0.3) is 0 Å². The first kappa shape index (κ1) is 14.2. The molecule has 1 rings (SSSR count). The molecular formula is C12H21NO4. The Balaban J connectivity index is 2.96. The quantitative estimate of drug-likeness (QED) is 0.483. The maximum absolute atomic E-state index is 12.0. The van der Waals surface area contributed by atoms with Gasteiger partial charge >= 0.3 is 5.97 Å². The number of hydrogen-bond acceptors (Lipinski definition) is 5. The molecule has 5 nitrogen and oxygen atoms in total. The zero-order valence-corrected chi connectivity index (χ0v) is 10.6. The van der Waals surface area contributed by atoms with Crippen molar-refractivity contribution in [2.24, 2.45) is 5.73 Å². The molecule has 0 radical (unpaired) electrons. The van der Waals surface area contributed by atoms with Gasteiger partial charge in [-0.05, 0) is 44.8 Å². The Bertz CT molecular complexity index is 343. The summed E-state index contributed by atoms with van der Waals surface area (Å²) in [7, 11) is 0. The summed E-state index contributed by atoms with van der Waals surface area (Å²) < 4.78 is 5.26. The number of esters is 1. The maximum Gasteiger partial charge on any atom is 0.331 e. The third-order valence-corrected chi connectivity index (χ3v) is 2.90. The SMILES string of the molecule is CC(C)(C)OC(=O)C1(N)CCC(CO)=C1CO. The molecule has 1 aliphatic rings. The predicted molar refractivity (Wildman–Crippen MR) is 63.2 cm³/mol. The molecule has 0 aromatic carbocycles. The molecule has 0 aromatic rings. The summed E-state index contributed by atoms with van der Waals surface area (Å²) in [6.45, 7) is 4.78. The number of aliphatic hydroxyl groups excluding tert-OH is 2. The zero-order valence-electron chi connectivity index (χ0n) is 10.6. The summed E-state index contributed by atoms with van der Waals surface area (Å²) in [4.78, 5) is 12.0. The number of ether oxygens (including phenoxy) is 1. The Morgan fingerprint density at radius 2 is 2.00 bits per heavy atom. The second kappa shape index (κ2) is 4.76. The summed E-state index contributed by atoms with van der Waals surface area (Å²) in [6.07, 6.45) is 0.885. The summed E-state index contributed by atoms with van der Waals surface area (Å²) >= 11 is 0. The van der Waals surface area contributed by atoms with Crippen LogP contribution in [0.2, 0.25) is 0 Å². The highest BCUT2D eigenvalue weighted by Gasteiger charge is 2.45. The maximum atomic E-state index is 12.0. The molecule has 5 heteroatoms. The summed E-state index contributed by atoms with van der Waals surface area (Å²) in [6, 6.07) is 0. The van der Waals surface area contributed by atoms with Crippen molar-refractivity contribution in [3.8, 4) is 0 Å². The second-order valence-corrected chi connectivity index (χ2v) is 5.37. The van der Waals surface area contributed by atoms with E-state index in [0.29, 0.717) is 24.0 Å². The lowest BCUT2D eigenvalue weighted by atomic mass is 9.92. The highest BCUT2D eigenvalue weighted by Crippen LogP contribution is 2.35. The Morgan fingerprint density at radius 1 is 1.41 bits per heavy atom. The first-order valence-electron chi connectivity index (χ1n) is 5.70. The Labute approximate surface area is 101 Å². The van der Waals surface area contributed by atoms with Gasteiger partial charge in [0.1, 0.15) is 11.1 Å². The monoisotopic (exact) mass is 243 g/mol. The van der Waals surface area contributed by atoms with Crippen LogP contribution in [0.3, 0.4) is 0 Å². The van der Waals surface area contributed by atoms with Crippen LogP contribution in [0.15, 0.2) is 11.1 Å². The fraction of sp³-hybridized carbons (Fsp3) is 0.750. The van der Waals surface area contributed by atoms with Crippen molar-refractivity contribution < 1.29 is 19.7 Å². The van der Waals surface area contributed by atoms with E-state index in [1.165, 1.54) is 0 Å². The van der Waals surface area contributed by atoms with E-state index in [-0.39, 0.29) is 13.2 Å². The number of carbonyl (C=O) groups excluding carboxylic acids is 1. The third-order valence-electron chi connectivity index (χ3n) is 2.90. The molecule has 0 saturated heterocycles. The Morgan fingerprint density at radius 3 is 2.41 bits per heavy atom. The van der Waals surface area contributed by atoms with E-state index in [0.717, 1.165) is 0 Å². The Hall–Kier alpha value is -0.910. The number of nitrogens with two attached hydrogens (primary N) is 1. The molecule has 0 heterocycles. The van der Waals surface area contributed by atoms with Gasteiger partial charge in [-0.25, -0.2) is 4.79 Å². The lowest BCUT2D eigenvalue weighted by Crippen LogP contribution is -2.51. The van der Waals surface area contributed by atoms with Crippen LogP contribution in [0.4, 0.5) is 0 Å². The van der Waals surface area contributed by atoms with Gasteiger partial charge in [-0.2, -0.15) is 0 Å². The molecule has 98 valence electrons. The van der Waals surface area contributed by atoms with Crippen molar-refractivity contribution in [2.45, 2.75) is 44.8 Å². The van der Waals surface area contributed by atoms with Crippen molar-refractivity contribution in [2.75, 3.05) is 13.2 Å². The smallest absolute Gasteiger partial charge is 0.331 e. The normalized spacial score (nSPS) is 25.3. The van der Waals surface area contributed by atoms with Crippen LogP contribution in [-0.4, -0.2) is 40.5 Å². The lowest BCUT2D eigenvalue weighted by Gasteiger charge is -2.29. The number of hydrogen-bond donors (Lipinski definition) is 3. The second-order valence-electron chi connectivity index (χ2n) is 5.37. The topological polar surface area (TPSA) is 92.8 Å². The van der Waals surface area contributed by atoms with Crippen molar-refractivity contribution >= 4 is 5.97 Å². The summed E-state index contributed by atoms with van der Waals surface area (Å²) in [5.41, 5.74) is 5.15. The van der Waals surface area contributed by atoms with Gasteiger partial charge in [0, 0.05) is 0 Å². The molecule has 4 N–H and O–H groups in total. The van der Waals surface area contributed by atoms with Crippen LogP contribution in [0.1, 0.15) is 33.6 Å². The largest absolute Gasteiger partial charge is 0.458 e. The van der Waals surface area contributed by atoms with Crippen molar-refractivity contribution in [3.05, 3.63) is 11.1 Å². The van der Waals surface area contributed by atoms with Gasteiger partial charge in [0.2, 0.25) is 0 Å². The predicted octanol–water partition coefficient (Wildman–Crippen LogP) is 0.101. The van der Waals surface area contributed by atoms with E-state index < -0.39 is 17.1 Å². The Kier molecular flexibility index (Phi) is 3.96. The fourth-order valence-electron chi connectivity index (χ4n) is 1.99. The van der Waals surface area contributed by atoms with Crippen LogP contribution < -0.4 is 5.73 Å². The lowest BCUT2D eigenvalue weighted by molar-refractivity contribution is -0.160. The van der Waals surface area contributed by atoms with Gasteiger partial charge in [-0.1, -0.05) is 0 Å². The van der Waals surface area contributed by atoms with Gasteiger partial charge < -0.3 is 20.7 Å². The van der Waals surface area contributed by atoms with Crippen LogP contribution >= 0.6 is 0 Å². The molecule has 1 atom stereocenters. The van der Waals surface area contributed by atoms with Gasteiger partial charge in [-0.15, -0.1) is 0 Å². The molecule has 0 spiro atoms. The minimum Gasteiger partial charge on any atom is -0.458 e. The highest BCUT2D eigenvalue weighted by atomic mass is 16.6. The molecule has 0 aliphatic heterocycles. The van der Waals surface area contributed by atoms with E-state index in [4.69, 9.17) is 15.6 Å². The number of rotatable bonds is 3. The van der Waals surface area contributed by atoms with Crippen LogP contribution in [-0.2, 0) is 9.53 Å². The van der Waals surface area contributed by atoms with Crippen molar-refractivity contribution in [3.63, 3.8) is 0 Å². The van der Waals surface area contributed by atoms with E-state index in [9.17, 15) is 9.90 Å². The average molecular weight is 243 g/mol. The number of aliphatic hydroxyl groups is 2. The molecule has 0 saturated carbocycles. The third kappa shape index (κ3) is 2.86. The first-order valence-corrected chi connectivity index (χ1v) is 5.70. The standard InChI is InChI=1S/C12H21NO4/c1-11(2,3)17-10(16)12(13)5-4-8(6-14)9(12)7-15/h14-15H,4-7,13H2,1-3H3. The molecular weight excluding hydrogens is 222 g/mol. The van der Waals surface area contributed by atoms with Crippen LogP contribution in [0, 0.1) is 0 Å². The molecule has 1 aliphatic carbocycles. The molecule has 17 heavy (non-hydrogen) atoms. The van der Waals surface area contributed by atoms with Gasteiger partial charge in [-0.3, -0.25) is 0 Å². The molecule has 1 unspecified atom stereocenters. The molecule has 0 bridgehead atoms. The van der Waals surface area contributed by atoms with E-state index in [1.54, 1.807) is 20.8 Å².